The first-order valence-electron chi connectivity index (χ1n) is 4.11. The molecule has 2 unspecified atom stereocenters. The van der Waals surface area contributed by atoms with Crippen molar-refractivity contribution in [2.24, 2.45) is 5.92 Å². The maximum atomic E-state index is 10.7. The summed E-state index contributed by atoms with van der Waals surface area (Å²) in [5.74, 6) is -0.0464. The van der Waals surface area contributed by atoms with Gasteiger partial charge in [-0.05, 0) is 6.07 Å². The Kier molecular flexibility index (Phi) is 2.29. The second-order valence-corrected chi connectivity index (χ2v) is 2.94. The summed E-state index contributed by atoms with van der Waals surface area (Å²) in [6, 6.07) is 1.78. The highest BCUT2D eigenvalue weighted by atomic mass is 16.1. The molecular weight excluding hydrogens is 168 g/mol. The topological polar surface area (TPSA) is 66.9 Å². The van der Waals surface area contributed by atoms with Crippen LogP contribution < -0.4 is 10.9 Å². The van der Waals surface area contributed by atoms with Gasteiger partial charge in [-0.3, -0.25) is 5.43 Å². The highest BCUT2D eigenvalue weighted by molar-refractivity contribution is 5.56. The smallest absolute Gasteiger partial charge is 0.126 e. The number of hydrazine groups is 1. The summed E-state index contributed by atoms with van der Waals surface area (Å²) in [5, 5.41) is 0. The molecule has 0 aliphatic carbocycles. The molecule has 0 amide bonds. The number of carbonyl (C=O) groups is 1. The Balaban J connectivity index is 2.21. The third-order valence-corrected chi connectivity index (χ3v) is 2.12. The van der Waals surface area contributed by atoms with E-state index in [1.165, 1.54) is 6.33 Å². The number of aromatic nitrogens is 2. The summed E-state index contributed by atoms with van der Waals surface area (Å²) in [4.78, 5) is 18.6. The first kappa shape index (κ1) is 8.28. The Morgan fingerprint density at radius 2 is 2.54 bits per heavy atom. The normalized spacial score (nSPS) is 27.4. The standard InChI is InChI=1S/C8H10N4O/c13-4-6-3-11-12-8(6)7-1-2-9-5-10-7/h1-2,4-6,8,11-12H,3H2. The van der Waals surface area contributed by atoms with Gasteiger partial charge in [0.25, 0.3) is 0 Å². The van der Waals surface area contributed by atoms with Gasteiger partial charge in [0, 0.05) is 12.7 Å². The van der Waals surface area contributed by atoms with Crippen molar-refractivity contribution < 1.29 is 4.79 Å². The van der Waals surface area contributed by atoms with Gasteiger partial charge in [-0.1, -0.05) is 0 Å². The minimum atomic E-state index is -0.0464. The van der Waals surface area contributed by atoms with Crippen molar-refractivity contribution in [1.29, 1.82) is 0 Å². The van der Waals surface area contributed by atoms with Crippen molar-refractivity contribution in [1.82, 2.24) is 20.8 Å². The van der Waals surface area contributed by atoms with Crippen LogP contribution in [-0.2, 0) is 4.79 Å². The molecular formula is C8H10N4O. The highest BCUT2D eigenvalue weighted by Crippen LogP contribution is 2.20. The van der Waals surface area contributed by atoms with Crippen molar-refractivity contribution >= 4 is 6.29 Å². The van der Waals surface area contributed by atoms with E-state index in [-0.39, 0.29) is 12.0 Å². The van der Waals surface area contributed by atoms with Gasteiger partial charge in [-0.2, -0.15) is 0 Å². The first-order chi connectivity index (χ1) is 6.42. The Morgan fingerprint density at radius 1 is 1.62 bits per heavy atom. The Morgan fingerprint density at radius 3 is 3.23 bits per heavy atom. The van der Waals surface area contributed by atoms with Crippen molar-refractivity contribution in [2.45, 2.75) is 6.04 Å². The summed E-state index contributed by atoms with van der Waals surface area (Å²) >= 11 is 0. The van der Waals surface area contributed by atoms with Crippen LogP contribution in [0, 0.1) is 5.92 Å². The monoisotopic (exact) mass is 178 g/mol. The van der Waals surface area contributed by atoms with Gasteiger partial charge in [0.05, 0.1) is 17.7 Å². The van der Waals surface area contributed by atoms with Crippen molar-refractivity contribution in [3.63, 3.8) is 0 Å². The molecule has 2 heterocycles. The molecule has 2 rings (SSSR count). The summed E-state index contributed by atoms with van der Waals surface area (Å²) in [6.45, 7) is 0.651. The van der Waals surface area contributed by atoms with Crippen LogP contribution in [0.15, 0.2) is 18.6 Å². The van der Waals surface area contributed by atoms with E-state index in [1.807, 2.05) is 0 Å². The molecule has 1 aromatic heterocycles. The van der Waals surface area contributed by atoms with Crippen LogP contribution in [0.25, 0.3) is 0 Å². The van der Waals surface area contributed by atoms with Crippen LogP contribution in [0.4, 0.5) is 0 Å². The fraction of sp³-hybridized carbons (Fsp3) is 0.375. The predicted octanol–water partition coefficient (Wildman–Crippen LogP) is -0.559. The van der Waals surface area contributed by atoms with Gasteiger partial charge in [0.1, 0.15) is 12.6 Å². The third-order valence-electron chi connectivity index (χ3n) is 2.12. The van der Waals surface area contributed by atoms with E-state index in [1.54, 1.807) is 12.3 Å². The van der Waals surface area contributed by atoms with Crippen LogP contribution in [0.2, 0.25) is 0 Å². The molecule has 13 heavy (non-hydrogen) atoms. The third kappa shape index (κ3) is 1.56. The Labute approximate surface area is 75.6 Å². The number of carbonyl (C=O) groups excluding carboxylic acids is 1. The van der Waals surface area contributed by atoms with Gasteiger partial charge in [-0.25, -0.2) is 15.4 Å². The number of hydrogen-bond acceptors (Lipinski definition) is 5. The molecule has 0 aromatic carbocycles. The van der Waals surface area contributed by atoms with E-state index in [0.717, 1.165) is 12.0 Å². The lowest BCUT2D eigenvalue weighted by Crippen LogP contribution is -2.25. The van der Waals surface area contributed by atoms with Gasteiger partial charge < -0.3 is 4.79 Å². The molecule has 0 radical (unpaired) electrons. The average Bonchev–Trinajstić information content (AvgIpc) is 2.67. The van der Waals surface area contributed by atoms with Crippen molar-refractivity contribution in [3.05, 3.63) is 24.3 Å². The molecule has 0 bridgehead atoms. The lowest BCUT2D eigenvalue weighted by atomic mass is 10.0. The lowest BCUT2D eigenvalue weighted by Gasteiger charge is -2.11. The molecule has 1 aliphatic rings. The number of nitrogens with zero attached hydrogens (tertiary/aromatic N) is 2. The zero-order valence-corrected chi connectivity index (χ0v) is 6.97. The summed E-state index contributed by atoms with van der Waals surface area (Å²) in [7, 11) is 0. The number of hydrogen-bond donors (Lipinski definition) is 2. The van der Waals surface area contributed by atoms with Crippen molar-refractivity contribution in [3.8, 4) is 0 Å². The lowest BCUT2D eigenvalue weighted by molar-refractivity contribution is -0.111. The minimum Gasteiger partial charge on any atom is -0.303 e. The predicted molar refractivity (Wildman–Crippen MR) is 45.5 cm³/mol. The summed E-state index contributed by atoms with van der Waals surface area (Å²) < 4.78 is 0. The maximum absolute atomic E-state index is 10.7. The quantitative estimate of drug-likeness (QED) is 0.594. The molecule has 1 fully saturated rings. The van der Waals surface area contributed by atoms with Gasteiger partial charge in [0.2, 0.25) is 0 Å². The molecule has 68 valence electrons. The van der Waals surface area contributed by atoms with Crippen LogP contribution in [0.1, 0.15) is 11.7 Å². The second kappa shape index (κ2) is 3.59. The molecule has 1 aromatic rings. The molecule has 1 aliphatic heterocycles. The van der Waals surface area contributed by atoms with E-state index < -0.39 is 0 Å². The van der Waals surface area contributed by atoms with E-state index in [0.29, 0.717) is 6.54 Å². The second-order valence-electron chi connectivity index (χ2n) is 2.94. The summed E-state index contributed by atoms with van der Waals surface area (Å²) in [6.07, 6.45) is 4.10. The van der Waals surface area contributed by atoms with E-state index in [2.05, 4.69) is 20.8 Å². The number of aldehydes is 1. The molecule has 5 heteroatoms. The minimum absolute atomic E-state index is 0.0273. The fourth-order valence-electron chi connectivity index (χ4n) is 1.42. The van der Waals surface area contributed by atoms with Gasteiger partial charge >= 0.3 is 0 Å². The van der Waals surface area contributed by atoms with E-state index in [9.17, 15) is 4.79 Å². The first-order valence-corrected chi connectivity index (χ1v) is 4.11. The van der Waals surface area contributed by atoms with Gasteiger partial charge in [0.15, 0.2) is 0 Å². The zero-order chi connectivity index (χ0) is 9.10. The SMILES string of the molecule is O=CC1CNNC1c1ccncn1. The maximum Gasteiger partial charge on any atom is 0.126 e. The van der Waals surface area contributed by atoms with Crippen molar-refractivity contribution in [2.75, 3.05) is 6.54 Å². The fourth-order valence-corrected chi connectivity index (χ4v) is 1.42. The van der Waals surface area contributed by atoms with Crippen LogP contribution in [0.3, 0.4) is 0 Å². The molecule has 5 nitrogen and oxygen atoms in total. The van der Waals surface area contributed by atoms with Crippen LogP contribution in [-0.4, -0.2) is 22.8 Å². The average molecular weight is 178 g/mol. The number of nitrogens with one attached hydrogen (secondary N) is 2. The molecule has 1 saturated heterocycles. The Hall–Kier alpha value is -1.33. The molecule has 0 saturated carbocycles. The van der Waals surface area contributed by atoms with Crippen LogP contribution in [0.5, 0.6) is 0 Å². The van der Waals surface area contributed by atoms with Gasteiger partial charge in [-0.15, -0.1) is 0 Å². The largest absolute Gasteiger partial charge is 0.303 e. The molecule has 0 spiro atoms. The van der Waals surface area contributed by atoms with E-state index >= 15 is 0 Å². The van der Waals surface area contributed by atoms with Crippen LogP contribution >= 0.6 is 0 Å². The van der Waals surface area contributed by atoms with E-state index in [4.69, 9.17) is 0 Å². The molecule has 2 atom stereocenters. The molecule has 2 N–H and O–H groups in total. The highest BCUT2D eigenvalue weighted by Gasteiger charge is 2.28. The number of rotatable bonds is 2. The Bertz CT molecular complexity index is 289. The summed E-state index contributed by atoms with van der Waals surface area (Å²) in [5.41, 5.74) is 6.78. The zero-order valence-electron chi connectivity index (χ0n) is 6.97.